The van der Waals surface area contributed by atoms with E-state index in [0.717, 1.165) is 0 Å². The van der Waals surface area contributed by atoms with Gasteiger partial charge >= 0.3 is 0 Å². The Labute approximate surface area is 78.8 Å². The number of hydrogen-bond acceptors (Lipinski definition) is 2. The second-order valence-corrected chi connectivity index (χ2v) is 2.85. The minimum Gasteiger partial charge on any atom is -0.221 e. The third-order valence-electron chi connectivity index (χ3n) is 1.59. The molecule has 0 atom stereocenters. The predicted octanol–water partition coefficient (Wildman–Crippen LogP) is 2.06. The minimum atomic E-state index is -0.463. The van der Waals surface area contributed by atoms with Crippen LogP contribution in [0, 0.1) is 5.82 Å². The van der Waals surface area contributed by atoms with E-state index in [1.54, 1.807) is 12.3 Å². The van der Waals surface area contributed by atoms with Crippen LogP contribution in [0.4, 0.5) is 4.39 Å². The molecule has 1 aromatic carbocycles. The van der Waals surface area contributed by atoms with E-state index in [4.69, 9.17) is 11.6 Å². The van der Waals surface area contributed by atoms with Gasteiger partial charge in [0.2, 0.25) is 0 Å². The first-order chi connectivity index (χ1) is 6.27. The van der Waals surface area contributed by atoms with Crippen molar-refractivity contribution in [2.24, 2.45) is 0 Å². The van der Waals surface area contributed by atoms with Gasteiger partial charge in [-0.2, -0.15) is 0 Å². The van der Waals surface area contributed by atoms with Crippen LogP contribution in [-0.2, 0) is 0 Å². The van der Waals surface area contributed by atoms with Crippen molar-refractivity contribution in [1.82, 2.24) is 15.0 Å². The molecule has 2 rings (SSSR count). The molecule has 3 nitrogen and oxygen atoms in total. The molecule has 0 fully saturated rings. The summed E-state index contributed by atoms with van der Waals surface area (Å²) in [5.41, 5.74) is 0.597. The Morgan fingerprint density at radius 2 is 2.23 bits per heavy atom. The molecule has 0 aliphatic carbocycles. The van der Waals surface area contributed by atoms with Crippen molar-refractivity contribution in [3.63, 3.8) is 0 Å². The zero-order valence-corrected chi connectivity index (χ0v) is 7.24. The van der Waals surface area contributed by atoms with E-state index in [1.807, 2.05) is 0 Å². The second-order valence-electron chi connectivity index (χ2n) is 2.45. The van der Waals surface area contributed by atoms with Crippen LogP contribution in [0.1, 0.15) is 0 Å². The lowest BCUT2D eigenvalue weighted by atomic mass is 10.3. The first kappa shape index (κ1) is 8.19. The monoisotopic (exact) mass is 197 g/mol. The van der Waals surface area contributed by atoms with Crippen LogP contribution in [-0.4, -0.2) is 15.0 Å². The number of halogens is 2. The third-order valence-corrected chi connectivity index (χ3v) is 1.90. The number of hydrogen-bond donors (Lipinski definition) is 0. The van der Waals surface area contributed by atoms with Crippen molar-refractivity contribution >= 4 is 11.6 Å². The topological polar surface area (TPSA) is 30.7 Å². The van der Waals surface area contributed by atoms with Gasteiger partial charge in [0.1, 0.15) is 5.82 Å². The van der Waals surface area contributed by atoms with Gasteiger partial charge in [-0.3, -0.25) is 0 Å². The van der Waals surface area contributed by atoms with Gasteiger partial charge in [-0.1, -0.05) is 16.8 Å². The normalized spacial score (nSPS) is 10.3. The summed E-state index contributed by atoms with van der Waals surface area (Å²) in [4.78, 5) is 0. The van der Waals surface area contributed by atoms with Crippen LogP contribution < -0.4 is 0 Å². The molecule has 0 saturated carbocycles. The summed E-state index contributed by atoms with van der Waals surface area (Å²) in [6.45, 7) is 0. The highest BCUT2D eigenvalue weighted by atomic mass is 35.5. The smallest absolute Gasteiger partial charge is 0.143 e. The molecule has 0 spiro atoms. The van der Waals surface area contributed by atoms with Crippen LogP contribution >= 0.6 is 11.6 Å². The molecule has 2 aromatic rings. The molecule has 0 aliphatic rings. The summed E-state index contributed by atoms with van der Waals surface area (Å²) in [6.07, 6.45) is 3.15. The van der Waals surface area contributed by atoms with E-state index in [9.17, 15) is 4.39 Å². The van der Waals surface area contributed by atoms with Crippen molar-refractivity contribution < 1.29 is 4.39 Å². The van der Waals surface area contributed by atoms with Crippen molar-refractivity contribution in [2.75, 3.05) is 0 Å². The number of rotatable bonds is 1. The number of benzene rings is 1. The van der Waals surface area contributed by atoms with Crippen LogP contribution in [0.2, 0.25) is 5.02 Å². The average molecular weight is 198 g/mol. The van der Waals surface area contributed by atoms with Gasteiger partial charge in [0.15, 0.2) is 0 Å². The average Bonchev–Trinajstić information content (AvgIpc) is 2.62. The third kappa shape index (κ3) is 1.53. The molecular formula is C8H5ClFN3. The maximum atomic E-state index is 13.0. The molecule has 0 bridgehead atoms. The Morgan fingerprint density at radius 3 is 2.85 bits per heavy atom. The van der Waals surface area contributed by atoms with Crippen LogP contribution in [0.3, 0.4) is 0 Å². The van der Waals surface area contributed by atoms with E-state index < -0.39 is 5.82 Å². The molecule has 66 valence electrons. The molecule has 5 heteroatoms. The summed E-state index contributed by atoms with van der Waals surface area (Å²) < 4.78 is 14.4. The van der Waals surface area contributed by atoms with E-state index in [-0.39, 0.29) is 5.02 Å². The Morgan fingerprint density at radius 1 is 1.38 bits per heavy atom. The van der Waals surface area contributed by atoms with E-state index in [0.29, 0.717) is 5.69 Å². The first-order valence-corrected chi connectivity index (χ1v) is 3.97. The largest absolute Gasteiger partial charge is 0.221 e. The quantitative estimate of drug-likeness (QED) is 0.701. The van der Waals surface area contributed by atoms with Crippen LogP contribution in [0.15, 0.2) is 30.6 Å². The van der Waals surface area contributed by atoms with Crippen molar-refractivity contribution in [3.05, 3.63) is 41.4 Å². The minimum absolute atomic E-state index is 0.101. The lowest BCUT2D eigenvalue weighted by molar-refractivity contribution is 0.625. The molecule has 0 radical (unpaired) electrons. The molecule has 0 amide bonds. The van der Waals surface area contributed by atoms with Crippen LogP contribution in [0.5, 0.6) is 0 Å². The molecular weight excluding hydrogens is 193 g/mol. The zero-order chi connectivity index (χ0) is 9.26. The summed E-state index contributed by atoms with van der Waals surface area (Å²) in [5.74, 6) is -0.463. The Balaban J connectivity index is 2.49. The van der Waals surface area contributed by atoms with Gasteiger partial charge in [0, 0.05) is 6.07 Å². The second kappa shape index (κ2) is 3.14. The van der Waals surface area contributed by atoms with Crippen molar-refractivity contribution in [3.8, 4) is 5.69 Å². The lowest BCUT2D eigenvalue weighted by Gasteiger charge is -2.00. The first-order valence-electron chi connectivity index (χ1n) is 3.59. The molecule has 0 saturated heterocycles. The maximum absolute atomic E-state index is 13.0. The number of nitrogens with zero attached hydrogens (tertiary/aromatic N) is 3. The summed E-state index contributed by atoms with van der Waals surface area (Å²) >= 11 is 5.52. The van der Waals surface area contributed by atoms with Crippen molar-refractivity contribution in [1.29, 1.82) is 0 Å². The van der Waals surface area contributed by atoms with Crippen LogP contribution in [0.25, 0.3) is 5.69 Å². The van der Waals surface area contributed by atoms with Crippen molar-refractivity contribution in [2.45, 2.75) is 0 Å². The van der Waals surface area contributed by atoms with Gasteiger partial charge < -0.3 is 0 Å². The lowest BCUT2D eigenvalue weighted by Crippen LogP contribution is -1.95. The Bertz CT molecular complexity index is 413. The number of aromatic nitrogens is 3. The maximum Gasteiger partial charge on any atom is 0.143 e. The Hall–Kier alpha value is -1.42. The molecule has 0 unspecified atom stereocenters. The fraction of sp³-hybridized carbons (Fsp3) is 0. The van der Waals surface area contributed by atoms with E-state index >= 15 is 0 Å². The molecule has 0 aliphatic heterocycles. The SMILES string of the molecule is Fc1cc(-n2ccnn2)ccc1Cl. The Kier molecular flexibility index (Phi) is 1.98. The fourth-order valence-electron chi connectivity index (χ4n) is 0.973. The van der Waals surface area contributed by atoms with E-state index in [1.165, 1.54) is 23.0 Å². The highest BCUT2D eigenvalue weighted by molar-refractivity contribution is 6.30. The van der Waals surface area contributed by atoms with E-state index in [2.05, 4.69) is 10.3 Å². The molecule has 13 heavy (non-hydrogen) atoms. The summed E-state index contributed by atoms with van der Waals surface area (Å²) in [5, 5.41) is 7.42. The van der Waals surface area contributed by atoms with Gasteiger partial charge in [-0.05, 0) is 12.1 Å². The predicted molar refractivity (Wildman–Crippen MR) is 46.3 cm³/mol. The molecule has 0 N–H and O–H groups in total. The van der Waals surface area contributed by atoms with Gasteiger partial charge in [0.25, 0.3) is 0 Å². The zero-order valence-electron chi connectivity index (χ0n) is 6.48. The molecule has 1 heterocycles. The summed E-state index contributed by atoms with van der Waals surface area (Å²) in [6, 6.07) is 4.45. The fourth-order valence-corrected chi connectivity index (χ4v) is 1.09. The van der Waals surface area contributed by atoms with Gasteiger partial charge in [0.05, 0.1) is 23.1 Å². The highest BCUT2D eigenvalue weighted by Crippen LogP contribution is 2.17. The van der Waals surface area contributed by atoms with Gasteiger partial charge in [-0.15, -0.1) is 5.10 Å². The standard InChI is InChI=1S/C8H5ClFN3/c9-7-2-1-6(5-8(7)10)13-4-3-11-12-13/h1-5H. The van der Waals surface area contributed by atoms with Gasteiger partial charge in [-0.25, -0.2) is 9.07 Å². The molecule has 1 aromatic heterocycles. The highest BCUT2D eigenvalue weighted by Gasteiger charge is 2.02. The summed E-state index contributed by atoms with van der Waals surface area (Å²) in [7, 11) is 0.